The van der Waals surface area contributed by atoms with Crippen molar-refractivity contribution in [2.75, 3.05) is 25.3 Å². The van der Waals surface area contributed by atoms with E-state index in [4.69, 9.17) is 18.5 Å². The Morgan fingerprint density at radius 3 is 2.35 bits per heavy atom. The molecule has 0 saturated heterocycles. The summed E-state index contributed by atoms with van der Waals surface area (Å²) in [7, 11) is -3.46. The standard InChI is InChI=1S/C19H24NO5P/c1-4-24-26(21,25-5-2)19(20-16-9-6-14(3)7-10-16)15-8-11-17-18(12-15)23-13-22-17/h6-12,19-20H,4-5,13H2,1-3H3. The van der Waals surface area contributed by atoms with Crippen LogP contribution in [0.25, 0.3) is 0 Å². The number of rotatable bonds is 8. The fraction of sp³-hybridized carbons (Fsp3) is 0.368. The lowest BCUT2D eigenvalue weighted by Crippen LogP contribution is -2.15. The van der Waals surface area contributed by atoms with E-state index in [-0.39, 0.29) is 20.0 Å². The summed E-state index contributed by atoms with van der Waals surface area (Å²) in [4.78, 5) is 0. The maximum atomic E-state index is 13.5. The van der Waals surface area contributed by atoms with Gasteiger partial charge in [0.25, 0.3) is 0 Å². The van der Waals surface area contributed by atoms with Gasteiger partial charge in [0, 0.05) is 5.69 Å². The zero-order valence-electron chi connectivity index (χ0n) is 15.2. The van der Waals surface area contributed by atoms with Crippen LogP contribution in [0.1, 0.15) is 30.8 Å². The van der Waals surface area contributed by atoms with Crippen molar-refractivity contribution in [3.05, 3.63) is 53.6 Å². The summed E-state index contributed by atoms with van der Waals surface area (Å²) in [6, 6.07) is 13.3. The largest absolute Gasteiger partial charge is 0.454 e. The summed E-state index contributed by atoms with van der Waals surface area (Å²) in [6.45, 7) is 6.37. The Kier molecular flexibility index (Phi) is 5.87. The number of ether oxygens (including phenoxy) is 2. The lowest BCUT2D eigenvalue weighted by Gasteiger charge is -2.28. The molecular weight excluding hydrogens is 353 g/mol. The van der Waals surface area contributed by atoms with Crippen molar-refractivity contribution in [2.45, 2.75) is 26.6 Å². The van der Waals surface area contributed by atoms with Crippen molar-refractivity contribution >= 4 is 13.3 Å². The van der Waals surface area contributed by atoms with Crippen LogP contribution in [0, 0.1) is 6.92 Å². The van der Waals surface area contributed by atoms with Crippen molar-refractivity contribution in [3.8, 4) is 11.5 Å². The molecule has 1 heterocycles. The third-order valence-corrected chi connectivity index (χ3v) is 6.30. The quantitative estimate of drug-likeness (QED) is 0.646. The number of fused-ring (bicyclic) bond motifs is 1. The van der Waals surface area contributed by atoms with Crippen LogP contribution in [-0.4, -0.2) is 20.0 Å². The van der Waals surface area contributed by atoms with Gasteiger partial charge < -0.3 is 23.8 Å². The van der Waals surface area contributed by atoms with Crippen LogP contribution in [0.4, 0.5) is 5.69 Å². The first-order chi connectivity index (χ1) is 12.6. The SMILES string of the molecule is CCOP(=O)(OCC)C(Nc1ccc(C)cc1)c1ccc2c(c1)OCO2. The highest BCUT2D eigenvalue weighted by atomic mass is 31.2. The monoisotopic (exact) mass is 377 g/mol. The third-order valence-electron chi connectivity index (χ3n) is 4.00. The average molecular weight is 377 g/mol. The minimum absolute atomic E-state index is 0.184. The molecule has 0 saturated carbocycles. The summed E-state index contributed by atoms with van der Waals surface area (Å²) < 4.78 is 35.5. The molecule has 1 unspecified atom stereocenters. The second-order valence-corrected chi connectivity index (χ2v) is 8.01. The van der Waals surface area contributed by atoms with E-state index in [9.17, 15) is 4.57 Å². The van der Waals surface area contributed by atoms with Gasteiger partial charge >= 0.3 is 7.60 Å². The van der Waals surface area contributed by atoms with E-state index >= 15 is 0 Å². The van der Waals surface area contributed by atoms with Crippen LogP contribution in [0.5, 0.6) is 11.5 Å². The highest BCUT2D eigenvalue weighted by Gasteiger charge is 2.37. The molecule has 0 amide bonds. The molecule has 1 atom stereocenters. The Balaban J connectivity index is 1.99. The van der Waals surface area contributed by atoms with E-state index in [1.54, 1.807) is 13.8 Å². The number of aryl methyl sites for hydroxylation is 1. The van der Waals surface area contributed by atoms with Crippen LogP contribution in [-0.2, 0) is 13.6 Å². The number of nitrogens with one attached hydrogen (secondary N) is 1. The highest BCUT2D eigenvalue weighted by molar-refractivity contribution is 7.54. The van der Waals surface area contributed by atoms with E-state index in [0.29, 0.717) is 11.5 Å². The van der Waals surface area contributed by atoms with E-state index in [2.05, 4.69) is 5.32 Å². The minimum Gasteiger partial charge on any atom is -0.454 e. The Morgan fingerprint density at radius 1 is 1.04 bits per heavy atom. The molecule has 1 N–H and O–H groups in total. The minimum atomic E-state index is -3.46. The van der Waals surface area contributed by atoms with Gasteiger partial charge in [-0.1, -0.05) is 23.8 Å². The number of anilines is 1. The Bertz CT molecular complexity index is 783. The predicted molar refractivity (Wildman–Crippen MR) is 101 cm³/mol. The van der Waals surface area contributed by atoms with E-state index in [1.807, 2.05) is 49.4 Å². The van der Waals surface area contributed by atoms with E-state index in [1.165, 1.54) is 0 Å². The van der Waals surface area contributed by atoms with Crippen LogP contribution in [0.15, 0.2) is 42.5 Å². The van der Waals surface area contributed by atoms with Crippen molar-refractivity contribution in [2.24, 2.45) is 0 Å². The molecule has 1 aliphatic rings. The van der Waals surface area contributed by atoms with Crippen molar-refractivity contribution in [3.63, 3.8) is 0 Å². The maximum Gasteiger partial charge on any atom is 0.357 e. The normalized spacial score (nSPS) is 14.3. The first kappa shape index (κ1) is 18.8. The number of hydrogen-bond acceptors (Lipinski definition) is 6. The summed E-state index contributed by atoms with van der Waals surface area (Å²) in [5, 5.41) is 3.31. The molecule has 1 aliphatic heterocycles. The fourth-order valence-corrected chi connectivity index (χ4v) is 4.71. The van der Waals surface area contributed by atoms with Crippen molar-refractivity contribution < 1.29 is 23.1 Å². The van der Waals surface area contributed by atoms with Gasteiger partial charge in [-0.2, -0.15) is 0 Å². The van der Waals surface area contributed by atoms with Crippen molar-refractivity contribution in [1.82, 2.24) is 0 Å². The predicted octanol–water partition coefficient (Wildman–Crippen LogP) is 5.10. The fourth-order valence-electron chi connectivity index (χ4n) is 2.78. The van der Waals surface area contributed by atoms with Crippen LogP contribution in [0.3, 0.4) is 0 Å². The molecular formula is C19H24NO5P. The smallest absolute Gasteiger partial charge is 0.357 e. The second kappa shape index (κ2) is 8.12. The van der Waals surface area contributed by atoms with Crippen LogP contribution < -0.4 is 14.8 Å². The van der Waals surface area contributed by atoms with Gasteiger partial charge in [0.1, 0.15) is 0 Å². The highest BCUT2D eigenvalue weighted by Crippen LogP contribution is 2.61. The number of benzene rings is 2. The van der Waals surface area contributed by atoms with Crippen LogP contribution >= 0.6 is 7.60 Å². The first-order valence-corrected chi connectivity index (χ1v) is 10.3. The molecule has 6 nitrogen and oxygen atoms in total. The molecule has 0 spiro atoms. The summed E-state index contributed by atoms with van der Waals surface area (Å²) in [5.41, 5.74) is 2.73. The third kappa shape index (κ3) is 4.04. The van der Waals surface area contributed by atoms with Crippen LogP contribution in [0.2, 0.25) is 0 Å². The van der Waals surface area contributed by atoms with Gasteiger partial charge in [0.05, 0.1) is 13.2 Å². The lowest BCUT2D eigenvalue weighted by atomic mass is 10.2. The molecule has 7 heteroatoms. The van der Waals surface area contributed by atoms with Gasteiger partial charge in [-0.15, -0.1) is 0 Å². The maximum absolute atomic E-state index is 13.5. The molecule has 2 aromatic rings. The average Bonchev–Trinajstić information content (AvgIpc) is 3.09. The zero-order valence-corrected chi connectivity index (χ0v) is 16.1. The van der Waals surface area contributed by atoms with Crippen molar-refractivity contribution in [1.29, 1.82) is 0 Å². The Morgan fingerprint density at radius 2 is 1.69 bits per heavy atom. The second-order valence-electron chi connectivity index (χ2n) is 5.90. The Labute approximate surface area is 154 Å². The van der Waals surface area contributed by atoms with E-state index < -0.39 is 13.4 Å². The molecule has 0 aliphatic carbocycles. The van der Waals surface area contributed by atoms with Gasteiger partial charge in [0.15, 0.2) is 17.3 Å². The summed E-state index contributed by atoms with van der Waals surface area (Å²) in [5.74, 6) is 0.628. The number of hydrogen-bond donors (Lipinski definition) is 1. The molecule has 3 rings (SSSR count). The molecule has 0 radical (unpaired) electrons. The first-order valence-electron chi connectivity index (χ1n) is 8.67. The van der Waals surface area contributed by atoms with E-state index in [0.717, 1.165) is 16.8 Å². The molecule has 2 aromatic carbocycles. The van der Waals surface area contributed by atoms with Gasteiger partial charge in [-0.25, -0.2) is 0 Å². The molecule has 26 heavy (non-hydrogen) atoms. The topological polar surface area (TPSA) is 66.0 Å². The van der Waals surface area contributed by atoms with Gasteiger partial charge in [-0.05, 0) is 50.6 Å². The van der Waals surface area contributed by atoms with Gasteiger partial charge in [0.2, 0.25) is 6.79 Å². The Hall–Kier alpha value is -2.01. The summed E-state index contributed by atoms with van der Waals surface area (Å²) >= 11 is 0. The molecule has 0 aromatic heterocycles. The molecule has 0 fully saturated rings. The van der Waals surface area contributed by atoms with Gasteiger partial charge in [-0.3, -0.25) is 4.57 Å². The molecule has 140 valence electrons. The zero-order chi connectivity index (χ0) is 18.6. The lowest BCUT2D eigenvalue weighted by molar-refractivity contribution is 0.174. The summed E-state index contributed by atoms with van der Waals surface area (Å²) in [6.07, 6.45) is 0. The molecule has 0 bridgehead atoms.